The number of hydrogen-bond acceptors (Lipinski definition) is 5. The van der Waals surface area contributed by atoms with E-state index >= 15 is 0 Å². The summed E-state index contributed by atoms with van der Waals surface area (Å²) in [5, 5.41) is 4.20. The zero-order chi connectivity index (χ0) is 22.1. The fraction of sp³-hybridized carbons (Fsp3) is 0.120. The predicted molar refractivity (Wildman–Crippen MR) is 125 cm³/mol. The molecule has 0 saturated carbocycles. The van der Waals surface area contributed by atoms with E-state index in [4.69, 9.17) is 9.15 Å². The number of carbonyl (C=O) groups is 1. The van der Waals surface area contributed by atoms with Crippen LogP contribution >= 0.6 is 11.3 Å². The van der Waals surface area contributed by atoms with Crippen LogP contribution < -0.4 is 15.6 Å². The maximum absolute atomic E-state index is 13.3. The topological polar surface area (TPSA) is 73.5 Å². The smallest absolute Gasteiger partial charge is 0.265 e. The first-order valence-corrected chi connectivity index (χ1v) is 11.0. The van der Waals surface area contributed by atoms with Gasteiger partial charge in [0.25, 0.3) is 11.5 Å². The molecule has 0 radical (unpaired) electrons. The molecule has 5 aromatic rings. The van der Waals surface area contributed by atoms with Crippen molar-refractivity contribution >= 4 is 38.2 Å². The lowest BCUT2D eigenvalue weighted by atomic mass is 10.1. The molecular formula is C25H20N2O4S. The van der Waals surface area contributed by atoms with Crippen molar-refractivity contribution in [1.82, 2.24) is 9.88 Å². The van der Waals surface area contributed by atoms with Crippen molar-refractivity contribution in [2.45, 2.75) is 13.2 Å². The lowest BCUT2D eigenvalue weighted by molar-refractivity contribution is 0.0948. The zero-order valence-corrected chi connectivity index (χ0v) is 18.1. The molecule has 0 aliphatic rings. The van der Waals surface area contributed by atoms with E-state index in [0.717, 1.165) is 21.2 Å². The monoisotopic (exact) mass is 444 g/mol. The second-order valence-corrected chi connectivity index (χ2v) is 8.40. The molecule has 1 N–H and O–H groups in total. The number of hydrogen-bond donors (Lipinski definition) is 1. The molecule has 5 rings (SSSR count). The summed E-state index contributed by atoms with van der Waals surface area (Å²) in [5.74, 6) is 0.654. The van der Waals surface area contributed by atoms with E-state index in [0.29, 0.717) is 21.8 Å². The highest BCUT2D eigenvalue weighted by Gasteiger charge is 2.25. The van der Waals surface area contributed by atoms with E-state index in [1.54, 1.807) is 30.0 Å². The van der Waals surface area contributed by atoms with Crippen molar-refractivity contribution in [3.63, 3.8) is 0 Å². The third-order valence-electron chi connectivity index (χ3n) is 5.33. The molecule has 0 aliphatic heterocycles. The normalized spacial score (nSPS) is 11.2. The molecule has 0 spiro atoms. The summed E-state index contributed by atoms with van der Waals surface area (Å²) in [5.41, 5.74) is 1.57. The highest BCUT2D eigenvalue weighted by molar-refractivity contribution is 7.22. The quantitative estimate of drug-likeness (QED) is 0.406. The second kappa shape index (κ2) is 8.36. The molecular weight excluding hydrogens is 424 g/mol. The Morgan fingerprint density at radius 1 is 1.06 bits per heavy atom. The van der Waals surface area contributed by atoms with Crippen LogP contribution in [0, 0.1) is 0 Å². The Morgan fingerprint density at radius 3 is 2.62 bits per heavy atom. The van der Waals surface area contributed by atoms with Crippen LogP contribution in [-0.4, -0.2) is 10.5 Å². The highest BCUT2D eigenvalue weighted by Crippen LogP contribution is 2.40. The first-order chi connectivity index (χ1) is 15.6. The van der Waals surface area contributed by atoms with Crippen LogP contribution in [0.15, 0.2) is 82.2 Å². The van der Waals surface area contributed by atoms with E-state index in [-0.39, 0.29) is 24.6 Å². The van der Waals surface area contributed by atoms with Crippen LogP contribution in [-0.2, 0) is 20.2 Å². The second-order valence-electron chi connectivity index (χ2n) is 7.38. The van der Waals surface area contributed by atoms with Crippen LogP contribution in [0.4, 0.5) is 0 Å². The molecule has 1 amide bonds. The standard InChI is InChI=1S/C25H20N2O4S/c1-27-19-12-6-5-11-18(19)22-20(25(27)29)21(31-15-16-8-3-2-4-9-16)23(32-22)24(28)26-14-17-10-7-13-30-17/h2-13H,14-15H2,1H3,(H,26,28). The number of para-hydroxylation sites is 1. The minimum atomic E-state index is -0.309. The number of aryl methyl sites for hydroxylation is 1. The van der Waals surface area contributed by atoms with Gasteiger partial charge < -0.3 is 19.0 Å². The lowest BCUT2D eigenvalue weighted by Crippen LogP contribution is -2.22. The van der Waals surface area contributed by atoms with Crippen LogP contribution in [0.1, 0.15) is 21.0 Å². The summed E-state index contributed by atoms with van der Waals surface area (Å²) in [6.45, 7) is 0.498. The molecule has 3 aromatic heterocycles. The molecule has 0 saturated heterocycles. The first kappa shape index (κ1) is 20.1. The summed E-state index contributed by atoms with van der Waals surface area (Å²) in [6, 6.07) is 20.9. The summed E-state index contributed by atoms with van der Waals surface area (Å²) in [6.07, 6.45) is 1.56. The number of nitrogens with one attached hydrogen (secondary N) is 1. The Balaban J connectivity index is 1.63. The van der Waals surface area contributed by atoms with Gasteiger partial charge in [-0.2, -0.15) is 0 Å². The first-order valence-electron chi connectivity index (χ1n) is 10.1. The maximum Gasteiger partial charge on any atom is 0.265 e. The van der Waals surface area contributed by atoms with E-state index < -0.39 is 0 Å². The molecule has 0 atom stereocenters. The van der Waals surface area contributed by atoms with E-state index in [1.165, 1.54) is 11.3 Å². The number of pyridine rings is 1. The number of furan rings is 1. The Hall–Kier alpha value is -3.84. The number of aromatic nitrogens is 1. The molecule has 2 aromatic carbocycles. The van der Waals surface area contributed by atoms with Crippen molar-refractivity contribution < 1.29 is 13.9 Å². The summed E-state index contributed by atoms with van der Waals surface area (Å²) in [4.78, 5) is 26.8. The van der Waals surface area contributed by atoms with Crippen molar-refractivity contribution in [2.24, 2.45) is 7.05 Å². The zero-order valence-electron chi connectivity index (χ0n) is 17.3. The van der Waals surface area contributed by atoms with Crippen molar-refractivity contribution in [2.75, 3.05) is 0 Å². The molecule has 0 fully saturated rings. The molecule has 32 heavy (non-hydrogen) atoms. The van der Waals surface area contributed by atoms with Crippen molar-refractivity contribution in [1.29, 1.82) is 0 Å². The fourth-order valence-corrected chi connectivity index (χ4v) is 4.90. The van der Waals surface area contributed by atoms with Gasteiger partial charge in [0.15, 0.2) is 5.75 Å². The molecule has 6 nitrogen and oxygen atoms in total. The molecule has 0 aliphatic carbocycles. The Kier molecular flexibility index (Phi) is 5.25. The number of nitrogens with zero attached hydrogens (tertiary/aromatic N) is 1. The third-order valence-corrected chi connectivity index (χ3v) is 6.53. The molecule has 0 unspecified atom stereocenters. The predicted octanol–water partition coefficient (Wildman–Crippen LogP) is 4.86. The molecule has 160 valence electrons. The van der Waals surface area contributed by atoms with Gasteiger partial charge in [-0.15, -0.1) is 11.3 Å². The number of carbonyl (C=O) groups excluding carboxylic acids is 1. The van der Waals surface area contributed by atoms with Gasteiger partial charge in [-0.05, 0) is 23.8 Å². The summed E-state index contributed by atoms with van der Waals surface area (Å²) in [7, 11) is 1.74. The molecule has 3 heterocycles. The van der Waals surface area contributed by atoms with Crippen molar-refractivity contribution in [3.05, 3.63) is 99.5 Å². The van der Waals surface area contributed by atoms with Gasteiger partial charge in [-0.1, -0.05) is 48.5 Å². The number of rotatable bonds is 6. The van der Waals surface area contributed by atoms with E-state index in [9.17, 15) is 9.59 Å². The lowest BCUT2D eigenvalue weighted by Gasteiger charge is -2.10. The molecule has 7 heteroatoms. The van der Waals surface area contributed by atoms with Crippen LogP contribution in [0.3, 0.4) is 0 Å². The SMILES string of the molecule is Cn1c(=O)c2c(OCc3ccccc3)c(C(=O)NCc3ccco3)sc2c2ccccc21. The summed E-state index contributed by atoms with van der Waals surface area (Å²) < 4.78 is 13.8. The van der Waals surface area contributed by atoms with Crippen LogP contribution in [0.5, 0.6) is 5.75 Å². The van der Waals surface area contributed by atoms with Gasteiger partial charge in [0, 0.05) is 12.4 Å². The molecule has 0 bridgehead atoms. The average Bonchev–Trinajstić information content (AvgIpc) is 3.48. The van der Waals surface area contributed by atoms with Crippen LogP contribution in [0.2, 0.25) is 0 Å². The van der Waals surface area contributed by atoms with Gasteiger partial charge in [-0.25, -0.2) is 0 Å². The number of amides is 1. The summed E-state index contributed by atoms with van der Waals surface area (Å²) >= 11 is 1.28. The highest BCUT2D eigenvalue weighted by atomic mass is 32.1. The maximum atomic E-state index is 13.3. The minimum absolute atomic E-state index is 0.192. The number of ether oxygens (including phenoxy) is 1. The Morgan fingerprint density at radius 2 is 1.84 bits per heavy atom. The van der Waals surface area contributed by atoms with E-state index in [2.05, 4.69) is 5.32 Å². The van der Waals surface area contributed by atoms with Crippen molar-refractivity contribution in [3.8, 4) is 5.75 Å². The Bertz CT molecular complexity index is 1470. The largest absolute Gasteiger partial charge is 0.486 e. The van der Waals surface area contributed by atoms with E-state index in [1.807, 2.05) is 54.6 Å². The van der Waals surface area contributed by atoms with Gasteiger partial charge in [0.05, 0.1) is 23.0 Å². The Labute approximate surface area is 187 Å². The number of fused-ring (bicyclic) bond motifs is 3. The van der Waals surface area contributed by atoms with Gasteiger partial charge in [-0.3, -0.25) is 9.59 Å². The average molecular weight is 445 g/mol. The van der Waals surface area contributed by atoms with Gasteiger partial charge in [0.1, 0.15) is 22.6 Å². The van der Waals surface area contributed by atoms with Gasteiger partial charge in [0.2, 0.25) is 0 Å². The van der Waals surface area contributed by atoms with Crippen LogP contribution in [0.25, 0.3) is 21.0 Å². The fourth-order valence-electron chi connectivity index (χ4n) is 3.71. The minimum Gasteiger partial charge on any atom is -0.486 e. The third kappa shape index (κ3) is 3.56. The number of thiophene rings is 1. The van der Waals surface area contributed by atoms with Gasteiger partial charge >= 0.3 is 0 Å². The number of benzene rings is 2.